The molecule has 5 N–H and O–H groups in total. The number of guanidine groups is 1. The summed E-state index contributed by atoms with van der Waals surface area (Å²) in [6.45, 7) is 6.16. The molecule has 0 fully saturated rings. The molecule has 19 heavy (non-hydrogen) atoms. The van der Waals surface area contributed by atoms with Gasteiger partial charge in [0.25, 0.3) is 0 Å². The number of urea groups is 1. The quantitative estimate of drug-likeness (QED) is 0.427. The highest BCUT2D eigenvalue weighted by Crippen LogP contribution is 2.27. The molecule has 0 unspecified atom stereocenters. The molecule has 1 aromatic carbocycles. The second-order valence-electron chi connectivity index (χ2n) is 4.28. The van der Waals surface area contributed by atoms with Gasteiger partial charge in [0.1, 0.15) is 5.75 Å². The van der Waals surface area contributed by atoms with Crippen LogP contribution in [0.4, 0.5) is 10.5 Å². The van der Waals surface area contributed by atoms with E-state index in [2.05, 4.69) is 16.0 Å². The third kappa shape index (κ3) is 4.17. The highest BCUT2D eigenvalue weighted by molar-refractivity contribution is 6.02. The average Bonchev–Trinajstić information content (AvgIpc) is 2.36. The van der Waals surface area contributed by atoms with Gasteiger partial charge in [0.2, 0.25) is 0 Å². The first kappa shape index (κ1) is 14.8. The fraction of sp³-hybridized carbons (Fsp3) is 0.385. The maximum Gasteiger partial charge on any atom is 0.326 e. The van der Waals surface area contributed by atoms with Crippen LogP contribution in [0.15, 0.2) is 12.1 Å². The number of benzene rings is 1. The van der Waals surface area contributed by atoms with E-state index in [0.29, 0.717) is 17.8 Å². The van der Waals surface area contributed by atoms with Crippen molar-refractivity contribution in [2.75, 3.05) is 11.9 Å². The molecule has 0 aliphatic rings. The number of rotatable bonds is 3. The molecule has 0 heterocycles. The number of nitrogens with one attached hydrogen (secondary N) is 4. The Labute approximate surface area is 112 Å². The van der Waals surface area contributed by atoms with Gasteiger partial charge in [0.05, 0.1) is 5.69 Å². The lowest BCUT2D eigenvalue weighted by Gasteiger charge is -2.14. The molecule has 0 atom stereocenters. The minimum atomic E-state index is -0.509. The Kier molecular flexibility index (Phi) is 5.17. The van der Waals surface area contributed by atoms with Crippen molar-refractivity contribution in [2.24, 2.45) is 0 Å². The monoisotopic (exact) mass is 264 g/mol. The summed E-state index contributed by atoms with van der Waals surface area (Å²) >= 11 is 0. The van der Waals surface area contributed by atoms with E-state index in [1.165, 1.54) is 0 Å². The summed E-state index contributed by atoms with van der Waals surface area (Å²) in [5.74, 6) is 0.0786. The maximum absolute atomic E-state index is 11.7. The van der Waals surface area contributed by atoms with Crippen molar-refractivity contribution < 1.29 is 9.90 Å². The maximum atomic E-state index is 11.7. The molecule has 0 aromatic heterocycles. The largest absolute Gasteiger partial charge is 0.508 e. The van der Waals surface area contributed by atoms with Crippen LogP contribution in [0.2, 0.25) is 0 Å². The van der Waals surface area contributed by atoms with E-state index < -0.39 is 6.03 Å². The summed E-state index contributed by atoms with van der Waals surface area (Å²) in [4.78, 5) is 11.7. The first-order chi connectivity index (χ1) is 8.95. The molecule has 6 heteroatoms. The van der Waals surface area contributed by atoms with E-state index in [9.17, 15) is 9.90 Å². The molecule has 0 bridgehead atoms. The van der Waals surface area contributed by atoms with Crippen molar-refractivity contribution in [2.45, 2.75) is 27.2 Å². The molecule has 0 spiro atoms. The Balaban J connectivity index is 2.67. The van der Waals surface area contributed by atoms with Gasteiger partial charge >= 0.3 is 6.03 Å². The molecule has 104 valence electrons. The lowest BCUT2D eigenvalue weighted by Crippen LogP contribution is -2.42. The van der Waals surface area contributed by atoms with Crippen molar-refractivity contribution in [3.63, 3.8) is 0 Å². The van der Waals surface area contributed by atoms with Gasteiger partial charge in [-0.2, -0.15) is 0 Å². The van der Waals surface area contributed by atoms with Crippen LogP contribution < -0.4 is 16.0 Å². The zero-order valence-electron chi connectivity index (χ0n) is 11.4. The summed E-state index contributed by atoms with van der Waals surface area (Å²) in [5.41, 5.74) is 2.00. The standard InChI is InChI=1S/C13H20N4O2/c1-4-7-15-12(14)17-13(19)16-11-8(2)5-6-10(18)9(11)3/h5-6,18H,4,7H2,1-3H3,(H4,14,15,16,17,19). The molecule has 0 radical (unpaired) electrons. The number of phenols is 1. The molecule has 0 saturated carbocycles. The van der Waals surface area contributed by atoms with Crippen molar-refractivity contribution in [1.82, 2.24) is 10.6 Å². The predicted octanol–water partition coefficient (Wildman–Crippen LogP) is 2.06. The van der Waals surface area contributed by atoms with Crippen LogP contribution >= 0.6 is 0 Å². The van der Waals surface area contributed by atoms with Gasteiger partial charge in [0, 0.05) is 12.1 Å². The number of anilines is 1. The highest BCUT2D eigenvalue weighted by Gasteiger charge is 2.11. The Morgan fingerprint density at radius 3 is 2.68 bits per heavy atom. The van der Waals surface area contributed by atoms with Crippen LogP contribution in [-0.4, -0.2) is 23.6 Å². The van der Waals surface area contributed by atoms with Gasteiger partial charge in [-0.3, -0.25) is 10.7 Å². The average molecular weight is 264 g/mol. The summed E-state index contributed by atoms with van der Waals surface area (Å²) in [7, 11) is 0. The number of hydrogen-bond donors (Lipinski definition) is 5. The van der Waals surface area contributed by atoms with Gasteiger partial charge in [0.15, 0.2) is 5.96 Å². The van der Waals surface area contributed by atoms with Crippen LogP contribution in [0.1, 0.15) is 24.5 Å². The molecule has 0 aliphatic heterocycles. The van der Waals surface area contributed by atoms with E-state index in [-0.39, 0.29) is 11.7 Å². The van der Waals surface area contributed by atoms with Gasteiger partial charge < -0.3 is 15.7 Å². The van der Waals surface area contributed by atoms with Crippen LogP contribution in [-0.2, 0) is 0 Å². The minimum Gasteiger partial charge on any atom is -0.508 e. The number of carbonyl (C=O) groups excluding carboxylic acids is 1. The molecule has 0 saturated heterocycles. The van der Waals surface area contributed by atoms with E-state index in [1.807, 2.05) is 13.8 Å². The predicted molar refractivity (Wildman–Crippen MR) is 75.8 cm³/mol. The molecule has 1 rings (SSSR count). The van der Waals surface area contributed by atoms with E-state index >= 15 is 0 Å². The highest BCUT2D eigenvalue weighted by atomic mass is 16.3. The summed E-state index contributed by atoms with van der Waals surface area (Å²) in [6.07, 6.45) is 0.871. The molecule has 1 aromatic rings. The Morgan fingerprint density at radius 1 is 1.37 bits per heavy atom. The van der Waals surface area contributed by atoms with Gasteiger partial charge in [-0.05, 0) is 31.9 Å². The number of aryl methyl sites for hydroxylation is 1. The lowest BCUT2D eigenvalue weighted by atomic mass is 10.1. The molecular formula is C13H20N4O2. The fourth-order valence-electron chi connectivity index (χ4n) is 1.58. The number of carbonyl (C=O) groups is 1. The Bertz CT molecular complexity index is 486. The van der Waals surface area contributed by atoms with Gasteiger partial charge in [-0.15, -0.1) is 0 Å². The Hall–Kier alpha value is -2.24. The molecule has 0 aliphatic carbocycles. The normalized spacial score (nSPS) is 9.84. The first-order valence-electron chi connectivity index (χ1n) is 6.15. The van der Waals surface area contributed by atoms with Crippen molar-refractivity contribution in [1.29, 1.82) is 5.41 Å². The number of amides is 2. The molecular weight excluding hydrogens is 244 g/mol. The van der Waals surface area contributed by atoms with Gasteiger partial charge in [-0.25, -0.2) is 4.79 Å². The second-order valence-corrected chi connectivity index (χ2v) is 4.28. The third-order valence-corrected chi connectivity index (χ3v) is 2.67. The molecule has 6 nitrogen and oxygen atoms in total. The Morgan fingerprint density at radius 2 is 2.05 bits per heavy atom. The summed E-state index contributed by atoms with van der Waals surface area (Å²) < 4.78 is 0. The summed E-state index contributed by atoms with van der Waals surface area (Å²) in [6, 6.07) is 2.79. The summed E-state index contributed by atoms with van der Waals surface area (Å²) in [5, 5.41) is 24.9. The van der Waals surface area contributed by atoms with Crippen LogP contribution in [0.25, 0.3) is 0 Å². The lowest BCUT2D eigenvalue weighted by molar-refractivity contribution is 0.255. The number of phenolic OH excluding ortho intramolecular Hbond substituents is 1. The third-order valence-electron chi connectivity index (χ3n) is 2.67. The molecule has 2 amide bonds. The SMILES string of the molecule is CCCNC(=N)NC(=O)Nc1c(C)ccc(O)c1C. The topological polar surface area (TPSA) is 97.2 Å². The smallest absolute Gasteiger partial charge is 0.326 e. The van der Waals surface area contributed by atoms with Crippen LogP contribution in [0.5, 0.6) is 5.75 Å². The van der Waals surface area contributed by atoms with Crippen LogP contribution in [0.3, 0.4) is 0 Å². The van der Waals surface area contributed by atoms with E-state index in [1.54, 1.807) is 19.1 Å². The fourth-order valence-corrected chi connectivity index (χ4v) is 1.58. The number of hydrogen-bond acceptors (Lipinski definition) is 3. The van der Waals surface area contributed by atoms with E-state index in [0.717, 1.165) is 12.0 Å². The van der Waals surface area contributed by atoms with Crippen molar-refractivity contribution >= 4 is 17.7 Å². The number of aromatic hydroxyl groups is 1. The zero-order valence-corrected chi connectivity index (χ0v) is 11.4. The first-order valence-corrected chi connectivity index (χ1v) is 6.15. The van der Waals surface area contributed by atoms with E-state index in [4.69, 9.17) is 5.41 Å². The van der Waals surface area contributed by atoms with Crippen molar-refractivity contribution in [3.05, 3.63) is 23.3 Å². The van der Waals surface area contributed by atoms with Crippen molar-refractivity contribution in [3.8, 4) is 5.75 Å². The van der Waals surface area contributed by atoms with Crippen LogP contribution in [0, 0.1) is 19.3 Å². The minimum absolute atomic E-state index is 0.0465. The van der Waals surface area contributed by atoms with Gasteiger partial charge in [-0.1, -0.05) is 13.0 Å². The zero-order chi connectivity index (χ0) is 14.4. The second kappa shape index (κ2) is 6.63.